The van der Waals surface area contributed by atoms with Gasteiger partial charge in [0.15, 0.2) is 0 Å². The number of ether oxygens (including phenoxy) is 1. The van der Waals surface area contributed by atoms with Crippen molar-refractivity contribution in [2.75, 3.05) is 6.54 Å². The number of halogens is 2. The van der Waals surface area contributed by atoms with Crippen molar-refractivity contribution in [1.29, 1.82) is 0 Å². The Balaban J connectivity index is 2.38. The molecule has 1 aromatic rings. The Kier molecular flexibility index (Phi) is 5.21. The first-order chi connectivity index (χ1) is 9.47. The van der Waals surface area contributed by atoms with Crippen LogP contribution in [-0.2, 0) is 4.74 Å². The summed E-state index contributed by atoms with van der Waals surface area (Å²) in [5.41, 5.74) is 0.725. The van der Waals surface area contributed by atoms with Crippen molar-refractivity contribution in [2.45, 2.75) is 45.9 Å². The molecule has 0 spiro atoms. The first kappa shape index (κ1) is 15.9. The molecule has 5 unspecified atom stereocenters. The molecule has 0 aromatic heterocycles. The van der Waals surface area contributed by atoms with Crippen LogP contribution in [0.15, 0.2) is 22.7 Å². The highest BCUT2D eigenvalue weighted by Gasteiger charge is 2.42. The predicted molar refractivity (Wildman–Crippen MR) is 83.2 cm³/mol. The summed E-state index contributed by atoms with van der Waals surface area (Å²) in [5, 5.41) is 3.45. The molecule has 0 radical (unpaired) electrons. The van der Waals surface area contributed by atoms with Crippen molar-refractivity contribution in [1.82, 2.24) is 5.32 Å². The average molecular weight is 344 g/mol. The number of hydrogen-bond acceptors (Lipinski definition) is 2. The van der Waals surface area contributed by atoms with E-state index in [-0.39, 0.29) is 30.0 Å². The third-order valence-corrected chi connectivity index (χ3v) is 5.06. The van der Waals surface area contributed by atoms with E-state index in [1.54, 1.807) is 6.07 Å². The molecule has 5 atom stereocenters. The Hall–Kier alpha value is -0.450. The van der Waals surface area contributed by atoms with Crippen LogP contribution in [0.5, 0.6) is 0 Å². The molecule has 2 rings (SSSR count). The van der Waals surface area contributed by atoms with Crippen LogP contribution in [-0.4, -0.2) is 18.8 Å². The topological polar surface area (TPSA) is 21.3 Å². The molecule has 1 aromatic carbocycles. The Labute approximate surface area is 129 Å². The van der Waals surface area contributed by atoms with Gasteiger partial charge in [0, 0.05) is 17.5 Å². The van der Waals surface area contributed by atoms with Crippen molar-refractivity contribution in [2.24, 2.45) is 11.8 Å². The van der Waals surface area contributed by atoms with Crippen molar-refractivity contribution < 1.29 is 9.13 Å². The van der Waals surface area contributed by atoms with Gasteiger partial charge < -0.3 is 10.1 Å². The zero-order valence-electron chi connectivity index (χ0n) is 12.5. The highest BCUT2D eigenvalue weighted by atomic mass is 79.9. The van der Waals surface area contributed by atoms with Gasteiger partial charge in [-0.2, -0.15) is 0 Å². The minimum absolute atomic E-state index is 0.0209. The van der Waals surface area contributed by atoms with Crippen LogP contribution in [0.3, 0.4) is 0 Å². The Morgan fingerprint density at radius 3 is 2.55 bits per heavy atom. The normalized spacial score (nSPS) is 31.5. The Morgan fingerprint density at radius 2 is 2.00 bits per heavy atom. The summed E-state index contributed by atoms with van der Waals surface area (Å²) in [6.07, 6.45) is 0.341. The van der Waals surface area contributed by atoms with E-state index in [0.717, 1.165) is 12.1 Å². The predicted octanol–water partition coefficient (Wildman–Crippen LogP) is 4.30. The minimum atomic E-state index is -0.169. The maximum Gasteiger partial charge on any atom is 0.142 e. The smallest absolute Gasteiger partial charge is 0.142 e. The summed E-state index contributed by atoms with van der Waals surface area (Å²) < 4.78 is 20.9. The second-order valence-electron chi connectivity index (χ2n) is 5.66. The third kappa shape index (κ3) is 2.92. The number of hydrogen-bond donors (Lipinski definition) is 1. The van der Waals surface area contributed by atoms with E-state index in [2.05, 4.69) is 48.9 Å². The van der Waals surface area contributed by atoms with Gasteiger partial charge >= 0.3 is 0 Å². The summed E-state index contributed by atoms with van der Waals surface area (Å²) in [4.78, 5) is 0. The molecule has 20 heavy (non-hydrogen) atoms. The second kappa shape index (κ2) is 6.54. The first-order valence-corrected chi connectivity index (χ1v) is 8.09. The second-order valence-corrected chi connectivity index (χ2v) is 6.52. The van der Waals surface area contributed by atoms with Crippen molar-refractivity contribution in [3.63, 3.8) is 0 Å². The highest BCUT2D eigenvalue weighted by Crippen LogP contribution is 2.41. The van der Waals surface area contributed by atoms with Gasteiger partial charge in [-0.1, -0.05) is 26.0 Å². The molecule has 0 saturated carbocycles. The zero-order valence-corrected chi connectivity index (χ0v) is 14.1. The van der Waals surface area contributed by atoms with Crippen LogP contribution in [0.4, 0.5) is 4.39 Å². The molecule has 0 amide bonds. The molecule has 0 bridgehead atoms. The number of benzene rings is 1. The zero-order chi connectivity index (χ0) is 14.9. The molecule has 1 fully saturated rings. The molecular weight excluding hydrogens is 321 g/mol. The van der Waals surface area contributed by atoms with E-state index in [4.69, 9.17) is 4.74 Å². The lowest BCUT2D eigenvalue weighted by atomic mass is 9.80. The number of rotatable bonds is 4. The Morgan fingerprint density at radius 1 is 1.30 bits per heavy atom. The van der Waals surface area contributed by atoms with Crippen molar-refractivity contribution >= 4 is 15.9 Å². The maximum atomic E-state index is 14.5. The quantitative estimate of drug-likeness (QED) is 0.879. The lowest BCUT2D eigenvalue weighted by Gasteiger charge is -2.30. The largest absolute Gasteiger partial charge is 0.375 e. The molecule has 2 nitrogen and oxygen atoms in total. The Bertz CT molecular complexity index is 468. The fourth-order valence-electron chi connectivity index (χ4n) is 3.30. The summed E-state index contributed by atoms with van der Waals surface area (Å²) in [5.74, 6) is 0.499. The van der Waals surface area contributed by atoms with Crippen LogP contribution in [0, 0.1) is 17.7 Å². The molecule has 1 N–H and O–H groups in total. The highest BCUT2D eigenvalue weighted by molar-refractivity contribution is 9.10. The lowest BCUT2D eigenvalue weighted by Crippen LogP contribution is -2.35. The fraction of sp³-hybridized carbons (Fsp3) is 0.625. The van der Waals surface area contributed by atoms with E-state index in [9.17, 15) is 4.39 Å². The van der Waals surface area contributed by atoms with E-state index < -0.39 is 0 Å². The number of nitrogens with one attached hydrogen (secondary N) is 1. The SMILES string of the molecule is CCNC(c1cccc(Br)c1F)C1C(C)OC(C)C1C. The van der Waals surface area contributed by atoms with Crippen LogP contribution in [0.25, 0.3) is 0 Å². The van der Waals surface area contributed by atoms with E-state index in [1.807, 2.05) is 12.1 Å². The lowest BCUT2D eigenvalue weighted by molar-refractivity contribution is 0.0474. The summed E-state index contributed by atoms with van der Waals surface area (Å²) >= 11 is 3.28. The molecule has 1 heterocycles. The van der Waals surface area contributed by atoms with Gasteiger partial charge in [0.1, 0.15) is 5.82 Å². The monoisotopic (exact) mass is 343 g/mol. The third-order valence-electron chi connectivity index (χ3n) is 4.44. The molecule has 112 valence electrons. The van der Waals surface area contributed by atoms with Gasteiger partial charge in [0.05, 0.1) is 16.7 Å². The fourth-order valence-corrected chi connectivity index (χ4v) is 3.68. The first-order valence-electron chi connectivity index (χ1n) is 7.30. The molecule has 1 aliphatic rings. The summed E-state index contributed by atoms with van der Waals surface area (Å²) in [7, 11) is 0. The van der Waals surface area contributed by atoms with Gasteiger partial charge in [-0.3, -0.25) is 0 Å². The van der Waals surface area contributed by atoms with Gasteiger partial charge in [0.25, 0.3) is 0 Å². The van der Waals surface area contributed by atoms with Crippen LogP contribution >= 0.6 is 15.9 Å². The summed E-state index contributed by atoms with van der Waals surface area (Å²) in [6.45, 7) is 9.24. The van der Waals surface area contributed by atoms with Gasteiger partial charge in [-0.25, -0.2) is 4.39 Å². The van der Waals surface area contributed by atoms with E-state index in [1.165, 1.54) is 0 Å². The van der Waals surface area contributed by atoms with Gasteiger partial charge in [-0.05, 0) is 48.3 Å². The molecule has 4 heteroatoms. The van der Waals surface area contributed by atoms with Crippen LogP contribution in [0.2, 0.25) is 0 Å². The van der Waals surface area contributed by atoms with Crippen LogP contribution in [0.1, 0.15) is 39.3 Å². The molecular formula is C16H23BrFNO. The maximum absolute atomic E-state index is 14.5. The van der Waals surface area contributed by atoms with Crippen molar-refractivity contribution in [3.05, 3.63) is 34.1 Å². The van der Waals surface area contributed by atoms with E-state index in [0.29, 0.717) is 10.4 Å². The van der Waals surface area contributed by atoms with E-state index >= 15 is 0 Å². The molecule has 0 aliphatic carbocycles. The molecule has 1 aliphatic heterocycles. The minimum Gasteiger partial charge on any atom is -0.375 e. The van der Waals surface area contributed by atoms with Gasteiger partial charge in [-0.15, -0.1) is 0 Å². The standard InChI is InChI=1S/C16H23BrFNO/c1-5-19-16(12-7-6-8-13(17)15(12)18)14-9(2)10(3)20-11(14)4/h6-11,14,16,19H,5H2,1-4H3. The van der Waals surface area contributed by atoms with Crippen molar-refractivity contribution in [3.8, 4) is 0 Å². The summed E-state index contributed by atoms with van der Waals surface area (Å²) in [6, 6.07) is 5.48. The van der Waals surface area contributed by atoms with Gasteiger partial charge in [0.2, 0.25) is 0 Å². The average Bonchev–Trinajstić information content (AvgIpc) is 2.65. The molecule has 1 saturated heterocycles. The van der Waals surface area contributed by atoms with Crippen LogP contribution < -0.4 is 5.32 Å².